The second kappa shape index (κ2) is 12.2. The SMILES string of the molecule is CCCN(C(=O)OC(C)(C)C)N(CCCCCC(=O)OC(C)(C)C)C(=O)OC(C)(C)C. The van der Waals surface area contributed by atoms with Gasteiger partial charge in [0.05, 0.1) is 0 Å². The largest absolute Gasteiger partial charge is 0.460 e. The van der Waals surface area contributed by atoms with Crippen LogP contribution < -0.4 is 0 Å². The summed E-state index contributed by atoms with van der Waals surface area (Å²) in [5, 5.41) is 2.63. The summed E-state index contributed by atoms with van der Waals surface area (Å²) in [6.07, 6.45) is 1.72. The Labute approximate surface area is 188 Å². The van der Waals surface area contributed by atoms with E-state index < -0.39 is 29.0 Å². The number of ether oxygens (including phenoxy) is 3. The number of rotatable bonds is 8. The van der Waals surface area contributed by atoms with Gasteiger partial charge in [0, 0.05) is 19.5 Å². The maximum atomic E-state index is 12.9. The van der Waals surface area contributed by atoms with Gasteiger partial charge in [0.25, 0.3) is 0 Å². The predicted octanol–water partition coefficient (Wildman–Crippen LogP) is 5.69. The van der Waals surface area contributed by atoms with Gasteiger partial charge >= 0.3 is 18.2 Å². The molecule has 0 N–H and O–H groups in total. The zero-order chi connectivity index (χ0) is 24.5. The normalized spacial score (nSPS) is 12.2. The lowest BCUT2D eigenvalue weighted by Crippen LogP contribution is -2.53. The van der Waals surface area contributed by atoms with Gasteiger partial charge in [-0.05, 0) is 81.6 Å². The standard InChI is InChI=1S/C23H44N2O6/c1-11-16-24(19(27)30-22(5,6)7)25(20(28)31-23(8,9)10)17-14-12-13-15-18(26)29-21(2,3)4/h11-17H2,1-10H3. The number of unbranched alkanes of at least 4 members (excludes halogenated alkanes) is 2. The fourth-order valence-corrected chi connectivity index (χ4v) is 2.56. The molecule has 0 bridgehead atoms. The Morgan fingerprint density at radius 3 is 1.42 bits per heavy atom. The Hall–Kier alpha value is -1.99. The van der Waals surface area contributed by atoms with E-state index in [4.69, 9.17) is 14.2 Å². The molecule has 31 heavy (non-hydrogen) atoms. The quantitative estimate of drug-likeness (QED) is 0.207. The third kappa shape index (κ3) is 14.6. The molecule has 0 saturated carbocycles. The monoisotopic (exact) mass is 444 g/mol. The van der Waals surface area contributed by atoms with Gasteiger partial charge in [-0.2, -0.15) is 0 Å². The number of nitrogens with zero attached hydrogens (tertiary/aromatic N) is 2. The van der Waals surface area contributed by atoms with Gasteiger partial charge in [0.15, 0.2) is 0 Å². The maximum Gasteiger partial charge on any atom is 0.429 e. The van der Waals surface area contributed by atoms with Crippen LogP contribution >= 0.6 is 0 Å². The van der Waals surface area contributed by atoms with Crippen molar-refractivity contribution in [3.05, 3.63) is 0 Å². The van der Waals surface area contributed by atoms with Gasteiger partial charge in [-0.15, -0.1) is 0 Å². The van der Waals surface area contributed by atoms with Gasteiger partial charge in [-0.25, -0.2) is 19.6 Å². The molecule has 8 nitrogen and oxygen atoms in total. The third-order valence-corrected chi connectivity index (χ3v) is 3.61. The zero-order valence-electron chi connectivity index (χ0n) is 21.3. The Balaban J connectivity index is 5.13. The molecule has 0 aliphatic rings. The van der Waals surface area contributed by atoms with Gasteiger partial charge in [-0.3, -0.25) is 4.79 Å². The summed E-state index contributed by atoms with van der Waals surface area (Å²) in [5.74, 6) is -0.238. The summed E-state index contributed by atoms with van der Waals surface area (Å²) in [7, 11) is 0. The van der Waals surface area contributed by atoms with E-state index in [1.165, 1.54) is 10.0 Å². The molecule has 0 fully saturated rings. The molecule has 8 heteroatoms. The van der Waals surface area contributed by atoms with Crippen LogP contribution in [0.2, 0.25) is 0 Å². The lowest BCUT2D eigenvalue weighted by atomic mass is 10.1. The van der Waals surface area contributed by atoms with Crippen LogP contribution in [0.4, 0.5) is 9.59 Å². The van der Waals surface area contributed by atoms with Crippen molar-refractivity contribution in [1.82, 2.24) is 10.0 Å². The van der Waals surface area contributed by atoms with Crippen LogP contribution in [0.1, 0.15) is 101 Å². The first kappa shape index (κ1) is 29.0. The van der Waals surface area contributed by atoms with Crippen LogP contribution in [0.5, 0.6) is 0 Å². The number of hydrazine groups is 1. The van der Waals surface area contributed by atoms with E-state index in [-0.39, 0.29) is 12.5 Å². The highest BCUT2D eigenvalue weighted by molar-refractivity contribution is 5.74. The van der Waals surface area contributed by atoms with Crippen molar-refractivity contribution in [2.24, 2.45) is 0 Å². The lowest BCUT2D eigenvalue weighted by molar-refractivity contribution is -0.154. The molecule has 0 radical (unpaired) electrons. The number of hydrogen-bond acceptors (Lipinski definition) is 6. The summed E-state index contributed by atoms with van der Waals surface area (Å²) in [6, 6.07) is 0. The van der Waals surface area contributed by atoms with E-state index in [1.54, 1.807) is 41.5 Å². The van der Waals surface area contributed by atoms with Crippen LogP contribution in [0, 0.1) is 0 Å². The van der Waals surface area contributed by atoms with Crippen molar-refractivity contribution in [2.45, 2.75) is 118 Å². The minimum absolute atomic E-state index is 0.238. The fraction of sp³-hybridized carbons (Fsp3) is 0.870. The number of esters is 1. The van der Waals surface area contributed by atoms with E-state index in [0.717, 1.165) is 0 Å². The van der Waals surface area contributed by atoms with Crippen molar-refractivity contribution < 1.29 is 28.6 Å². The molecule has 0 saturated heterocycles. The van der Waals surface area contributed by atoms with E-state index in [9.17, 15) is 14.4 Å². The second-order valence-corrected chi connectivity index (χ2v) is 10.6. The first-order chi connectivity index (χ1) is 13.9. The van der Waals surface area contributed by atoms with E-state index in [2.05, 4.69) is 0 Å². The van der Waals surface area contributed by atoms with Crippen molar-refractivity contribution >= 4 is 18.2 Å². The van der Waals surface area contributed by atoms with E-state index in [0.29, 0.717) is 38.6 Å². The second-order valence-electron chi connectivity index (χ2n) is 10.6. The topological polar surface area (TPSA) is 85.4 Å². The van der Waals surface area contributed by atoms with Crippen LogP contribution in [0.15, 0.2) is 0 Å². The third-order valence-electron chi connectivity index (χ3n) is 3.61. The molecule has 0 heterocycles. The highest BCUT2D eigenvalue weighted by Gasteiger charge is 2.32. The highest BCUT2D eigenvalue weighted by atomic mass is 16.6. The summed E-state index contributed by atoms with van der Waals surface area (Å²) < 4.78 is 16.3. The molecule has 0 aliphatic carbocycles. The van der Waals surface area contributed by atoms with Gasteiger partial charge in [0.1, 0.15) is 16.8 Å². The van der Waals surface area contributed by atoms with Crippen LogP contribution in [-0.2, 0) is 19.0 Å². The van der Waals surface area contributed by atoms with Crippen LogP contribution in [-0.4, -0.2) is 58.1 Å². The predicted molar refractivity (Wildman–Crippen MR) is 120 cm³/mol. The summed E-state index contributed by atoms with van der Waals surface area (Å²) >= 11 is 0. The van der Waals surface area contributed by atoms with Crippen molar-refractivity contribution in [1.29, 1.82) is 0 Å². The fourth-order valence-electron chi connectivity index (χ4n) is 2.56. The van der Waals surface area contributed by atoms with Crippen LogP contribution in [0.25, 0.3) is 0 Å². The van der Waals surface area contributed by atoms with E-state index in [1.807, 2.05) is 27.7 Å². The summed E-state index contributed by atoms with van der Waals surface area (Å²) in [6.45, 7) is 18.7. The van der Waals surface area contributed by atoms with Gasteiger partial charge < -0.3 is 14.2 Å². The molecule has 0 unspecified atom stereocenters. The number of amides is 2. The Bertz CT molecular complexity index is 584. The van der Waals surface area contributed by atoms with Crippen molar-refractivity contribution in [2.75, 3.05) is 13.1 Å². The molecule has 0 rings (SSSR count). The first-order valence-corrected chi connectivity index (χ1v) is 11.2. The van der Waals surface area contributed by atoms with Gasteiger partial charge in [-0.1, -0.05) is 13.3 Å². The molecule has 0 spiro atoms. The summed E-state index contributed by atoms with van der Waals surface area (Å²) in [4.78, 5) is 37.5. The zero-order valence-corrected chi connectivity index (χ0v) is 21.3. The maximum absolute atomic E-state index is 12.9. The average molecular weight is 445 g/mol. The lowest BCUT2D eigenvalue weighted by Gasteiger charge is -2.36. The number of hydrogen-bond donors (Lipinski definition) is 0. The molecular weight excluding hydrogens is 400 g/mol. The number of carbonyl (C=O) groups is 3. The van der Waals surface area contributed by atoms with Crippen molar-refractivity contribution in [3.63, 3.8) is 0 Å². The smallest absolute Gasteiger partial charge is 0.429 e. The molecular formula is C23H44N2O6. The minimum atomic E-state index is -0.697. The Morgan fingerprint density at radius 1 is 0.613 bits per heavy atom. The molecule has 182 valence electrons. The average Bonchev–Trinajstić information content (AvgIpc) is 2.51. The Morgan fingerprint density at radius 2 is 1.03 bits per heavy atom. The van der Waals surface area contributed by atoms with E-state index >= 15 is 0 Å². The highest BCUT2D eigenvalue weighted by Crippen LogP contribution is 2.17. The first-order valence-electron chi connectivity index (χ1n) is 11.2. The summed E-state index contributed by atoms with van der Waals surface area (Å²) in [5.41, 5.74) is -1.88. The molecule has 0 atom stereocenters. The van der Waals surface area contributed by atoms with Gasteiger partial charge in [0.2, 0.25) is 0 Å². The molecule has 0 aliphatic heterocycles. The molecule has 0 aromatic heterocycles. The van der Waals surface area contributed by atoms with Crippen LogP contribution in [0.3, 0.4) is 0 Å². The molecule has 2 amide bonds. The molecule has 0 aromatic rings. The Kier molecular flexibility index (Phi) is 11.4. The van der Waals surface area contributed by atoms with Crippen molar-refractivity contribution in [3.8, 4) is 0 Å². The molecule has 0 aromatic carbocycles. The number of carbonyl (C=O) groups excluding carboxylic acids is 3. The minimum Gasteiger partial charge on any atom is -0.460 e.